The van der Waals surface area contributed by atoms with Crippen LogP contribution >= 0.6 is 0 Å². The van der Waals surface area contributed by atoms with Gasteiger partial charge in [-0.25, -0.2) is 0 Å². The van der Waals surface area contributed by atoms with Gasteiger partial charge in [0.2, 0.25) is 11.8 Å². The number of aliphatic carboxylic acids is 1. The van der Waals surface area contributed by atoms with E-state index in [4.69, 9.17) is 5.11 Å². The summed E-state index contributed by atoms with van der Waals surface area (Å²) in [6.45, 7) is 4.79. The van der Waals surface area contributed by atoms with Crippen LogP contribution in [0, 0.1) is 5.92 Å². The molecule has 0 heterocycles. The highest BCUT2D eigenvalue weighted by molar-refractivity contribution is 5.88. The molecule has 0 saturated heterocycles. The van der Waals surface area contributed by atoms with Crippen molar-refractivity contribution in [2.24, 2.45) is 5.92 Å². The Balaban J connectivity index is 3.90. The lowest BCUT2D eigenvalue weighted by atomic mass is 10.1. The Kier molecular flexibility index (Phi) is 6.14. The van der Waals surface area contributed by atoms with Gasteiger partial charge in [0.05, 0.1) is 6.54 Å². The molecule has 0 aromatic carbocycles. The van der Waals surface area contributed by atoms with Crippen molar-refractivity contribution in [1.82, 2.24) is 10.6 Å². The SMILES string of the molecule is CCC(C)C(=O)NCC(=O)N[C@H](C)C(=O)O. The Morgan fingerprint density at radius 2 is 1.81 bits per heavy atom. The summed E-state index contributed by atoms with van der Waals surface area (Å²) in [4.78, 5) is 32.9. The maximum absolute atomic E-state index is 11.3. The van der Waals surface area contributed by atoms with Gasteiger partial charge in [0.25, 0.3) is 0 Å². The summed E-state index contributed by atoms with van der Waals surface area (Å²) in [5.41, 5.74) is 0. The van der Waals surface area contributed by atoms with E-state index in [-0.39, 0.29) is 18.4 Å². The highest BCUT2D eigenvalue weighted by atomic mass is 16.4. The summed E-state index contributed by atoms with van der Waals surface area (Å²) in [7, 11) is 0. The molecule has 0 aromatic rings. The standard InChI is InChI=1S/C10H18N2O4/c1-4-6(2)9(14)11-5-8(13)12-7(3)10(15)16/h6-7H,4-5H2,1-3H3,(H,11,14)(H,12,13)(H,15,16)/t6?,7-/m1/s1. The van der Waals surface area contributed by atoms with Crippen LogP contribution in [-0.4, -0.2) is 35.5 Å². The maximum Gasteiger partial charge on any atom is 0.325 e. The van der Waals surface area contributed by atoms with Crippen LogP contribution in [0.1, 0.15) is 27.2 Å². The van der Waals surface area contributed by atoms with Crippen LogP contribution in [0.5, 0.6) is 0 Å². The zero-order valence-electron chi connectivity index (χ0n) is 9.74. The fourth-order valence-corrected chi connectivity index (χ4v) is 0.881. The second kappa shape index (κ2) is 6.81. The van der Waals surface area contributed by atoms with Gasteiger partial charge in [0.1, 0.15) is 6.04 Å². The van der Waals surface area contributed by atoms with Gasteiger partial charge in [-0.1, -0.05) is 13.8 Å². The molecule has 0 rings (SSSR count). The molecule has 0 aliphatic carbocycles. The van der Waals surface area contributed by atoms with E-state index >= 15 is 0 Å². The molecule has 92 valence electrons. The molecule has 2 amide bonds. The summed E-state index contributed by atoms with van der Waals surface area (Å²) < 4.78 is 0. The van der Waals surface area contributed by atoms with Crippen molar-refractivity contribution in [3.8, 4) is 0 Å². The molecule has 0 fully saturated rings. The minimum absolute atomic E-state index is 0.148. The van der Waals surface area contributed by atoms with Gasteiger partial charge in [-0.2, -0.15) is 0 Å². The molecule has 6 heteroatoms. The number of rotatable bonds is 6. The lowest BCUT2D eigenvalue weighted by molar-refractivity contribution is -0.141. The van der Waals surface area contributed by atoms with Gasteiger partial charge in [0.15, 0.2) is 0 Å². The Morgan fingerprint density at radius 3 is 2.25 bits per heavy atom. The van der Waals surface area contributed by atoms with E-state index in [9.17, 15) is 14.4 Å². The van der Waals surface area contributed by atoms with E-state index in [2.05, 4.69) is 10.6 Å². The molecule has 6 nitrogen and oxygen atoms in total. The van der Waals surface area contributed by atoms with Crippen LogP contribution in [-0.2, 0) is 14.4 Å². The fraction of sp³-hybridized carbons (Fsp3) is 0.700. The van der Waals surface area contributed by atoms with E-state index < -0.39 is 17.9 Å². The third-order valence-electron chi connectivity index (χ3n) is 2.23. The summed E-state index contributed by atoms with van der Waals surface area (Å²) in [5, 5.41) is 13.2. The fourth-order valence-electron chi connectivity index (χ4n) is 0.881. The molecule has 2 atom stereocenters. The smallest absolute Gasteiger partial charge is 0.325 e. The molecule has 0 aliphatic rings. The van der Waals surface area contributed by atoms with Crippen molar-refractivity contribution >= 4 is 17.8 Å². The monoisotopic (exact) mass is 230 g/mol. The van der Waals surface area contributed by atoms with Crippen molar-refractivity contribution in [2.75, 3.05) is 6.54 Å². The molecule has 0 aliphatic heterocycles. The number of carboxylic acid groups (broad SMARTS) is 1. The molecule has 0 spiro atoms. The summed E-state index contributed by atoms with van der Waals surface area (Å²) in [6, 6.07) is -0.951. The van der Waals surface area contributed by atoms with Gasteiger partial charge in [-0.05, 0) is 13.3 Å². The van der Waals surface area contributed by atoms with Crippen molar-refractivity contribution in [2.45, 2.75) is 33.2 Å². The molecule has 0 saturated carbocycles. The molecule has 0 aromatic heterocycles. The van der Waals surface area contributed by atoms with Gasteiger partial charge in [-0.3, -0.25) is 14.4 Å². The lowest BCUT2D eigenvalue weighted by Crippen LogP contribution is -2.44. The van der Waals surface area contributed by atoms with E-state index in [1.54, 1.807) is 6.92 Å². The highest BCUT2D eigenvalue weighted by Gasteiger charge is 2.15. The Morgan fingerprint density at radius 1 is 1.25 bits per heavy atom. The second-order valence-corrected chi connectivity index (χ2v) is 3.65. The Bertz CT molecular complexity index is 278. The molecular formula is C10H18N2O4. The molecule has 3 N–H and O–H groups in total. The van der Waals surface area contributed by atoms with Crippen LogP contribution in [0.4, 0.5) is 0 Å². The molecule has 1 unspecified atom stereocenters. The van der Waals surface area contributed by atoms with Crippen molar-refractivity contribution in [1.29, 1.82) is 0 Å². The highest BCUT2D eigenvalue weighted by Crippen LogP contribution is 1.98. The normalized spacial score (nSPS) is 13.7. The molecule has 0 bridgehead atoms. The quantitative estimate of drug-likeness (QED) is 0.585. The van der Waals surface area contributed by atoms with Crippen LogP contribution in [0.15, 0.2) is 0 Å². The predicted molar refractivity (Wildman–Crippen MR) is 57.7 cm³/mol. The summed E-state index contributed by atoms with van der Waals surface area (Å²) in [5.74, 6) is -1.97. The van der Waals surface area contributed by atoms with E-state index in [0.717, 1.165) is 0 Å². The van der Waals surface area contributed by atoms with Gasteiger partial charge < -0.3 is 15.7 Å². The lowest BCUT2D eigenvalue weighted by Gasteiger charge is -2.12. The van der Waals surface area contributed by atoms with Crippen LogP contribution in [0.2, 0.25) is 0 Å². The molecule has 0 radical (unpaired) electrons. The van der Waals surface area contributed by atoms with Gasteiger partial charge >= 0.3 is 5.97 Å². The van der Waals surface area contributed by atoms with Crippen molar-refractivity contribution in [3.63, 3.8) is 0 Å². The zero-order chi connectivity index (χ0) is 12.7. The van der Waals surface area contributed by atoms with Crippen LogP contribution in [0.25, 0.3) is 0 Å². The van der Waals surface area contributed by atoms with Gasteiger partial charge in [-0.15, -0.1) is 0 Å². The van der Waals surface area contributed by atoms with E-state index in [0.29, 0.717) is 6.42 Å². The topological polar surface area (TPSA) is 95.5 Å². The zero-order valence-corrected chi connectivity index (χ0v) is 9.74. The van der Waals surface area contributed by atoms with E-state index in [1.807, 2.05) is 6.92 Å². The third-order valence-corrected chi connectivity index (χ3v) is 2.23. The number of hydrogen-bond acceptors (Lipinski definition) is 3. The summed E-state index contributed by atoms with van der Waals surface area (Å²) >= 11 is 0. The van der Waals surface area contributed by atoms with Crippen molar-refractivity contribution < 1.29 is 19.5 Å². The van der Waals surface area contributed by atoms with Crippen LogP contribution in [0.3, 0.4) is 0 Å². The minimum atomic E-state index is -1.11. The predicted octanol–water partition coefficient (Wildman–Crippen LogP) is -0.262. The number of carboxylic acids is 1. The van der Waals surface area contributed by atoms with Crippen LogP contribution < -0.4 is 10.6 Å². The first-order valence-corrected chi connectivity index (χ1v) is 5.18. The largest absolute Gasteiger partial charge is 0.480 e. The van der Waals surface area contributed by atoms with Gasteiger partial charge in [0, 0.05) is 5.92 Å². The average molecular weight is 230 g/mol. The Labute approximate surface area is 94.4 Å². The molecular weight excluding hydrogens is 212 g/mol. The third kappa shape index (κ3) is 5.33. The minimum Gasteiger partial charge on any atom is -0.480 e. The van der Waals surface area contributed by atoms with Crippen molar-refractivity contribution in [3.05, 3.63) is 0 Å². The first kappa shape index (κ1) is 14.4. The maximum atomic E-state index is 11.3. The number of carbonyl (C=O) groups is 3. The Hall–Kier alpha value is -1.59. The number of amides is 2. The number of nitrogens with one attached hydrogen (secondary N) is 2. The number of hydrogen-bond donors (Lipinski definition) is 3. The molecule has 16 heavy (non-hydrogen) atoms. The second-order valence-electron chi connectivity index (χ2n) is 3.65. The summed E-state index contributed by atoms with van der Waals surface area (Å²) in [6.07, 6.45) is 0.693. The van der Waals surface area contributed by atoms with E-state index in [1.165, 1.54) is 6.92 Å². The first-order chi connectivity index (χ1) is 7.38. The first-order valence-electron chi connectivity index (χ1n) is 5.18. The average Bonchev–Trinajstić information content (AvgIpc) is 2.24. The number of carbonyl (C=O) groups excluding carboxylic acids is 2.